The molecule has 1 aliphatic heterocycles. The lowest BCUT2D eigenvalue weighted by Crippen LogP contribution is -2.47. The number of aromatic nitrogens is 1. The third-order valence-corrected chi connectivity index (χ3v) is 4.88. The predicted molar refractivity (Wildman–Crippen MR) is 102 cm³/mol. The number of carbonyl (C=O) groups excluding carboxylic acids is 1. The Kier molecular flexibility index (Phi) is 7.20. The fraction of sp³-hybridized carbons (Fsp3) is 0.421. The smallest absolute Gasteiger partial charge is 0.253 e. The molecule has 1 aromatic carbocycles. The Balaban J connectivity index is 0.00000243. The first-order valence-corrected chi connectivity index (χ1v) is 8.54. The van der Waals surface area contributed by atoms with E-state index in [1.807, 2.05) is 0 Å². The number of hydrogen-bond acceptors (Lipinski definition) is 3. The van der Waals surface area contributed by atoms with Crippen molar-refractivity contribution in [2.45, 2.75) is 12.8 Å². The van der Waals surface area contributed by atoms with E-state index in [2.05, 4.69) is 15.6 Å². The topological polar surface area (TPSA) is 66.1 Å². The van der Waals surface area contributed by atoms with Gasteiger partial charge in [0.25, 0.3) is 5.91 Å². The van der Waals surface area contributed by atoms with Crippen LogP contribution in [0.2, 0.25) is 0 Å². The van der Waals surface area contributed by atoms with Crippen molar-refractivity contribution in [3.8, 4) is 11.1 Å². The molecular formula is C19H25ClFN3O2. The van der Waals surface area contributed by atoms with Crippen LogP contribution in [-0.4, -0.2) is 44.2 Å². The van der Waals surface area contributed by atoms with Crippen molar-refractivity contribution in [3.63, 3.8) is 0 Å². The van der Waals surface area contributed by atoms with Crippen LogP contribution in [0.1, 0.15) is 23.2 Å². The minimum Gasteiger partial charge on any atom is -0.384 e. The van der Waals surface area contributed by atoms with E-state index in [4.69, 9.17) is 4.74 Å². The molecule has 1 aromatic heterocycles. The molecule has 1 saturated heterocycles. The molecule has 2 heterocycles. The van der Waals surface area contributed by atoms with Gasteiger partial charge in [0.2, 0.25) is 0 Å². The molecule has 5 nitrogen and oxygen atoms in total. The number of methoxy groups -OCH3 is 1. The molecule has 0 atom stereocenters. The summed E-state index contributed by atoms with van der Waals surface area (Å²) in [7, 11) is 1.70. The summed E-state index contributed by atoms with van der Waals surface area (Å²) in [6, 6.07) is 6.14. The number of hydrogen-bond donors (Lipinski definition) is 3. The predicted octanol–water partition coefficient (Wildman–Crippen LogP) is 2.99. The standard InChI is InChI=1S/C19H24FN3O2.ClH/c1-25-13-19(6-8-21-9-7-19)12-23-18(24)17-11-22-10-16(17)14-2-4-15(20)5-3-14;/h2-5,10-11,21-22H,6-9,12-13H2,1H3,(H,23,24);1H. The Morgan fingerprint density at radius 3 is 2.58 bits per heavy atom. The second-order valence-corrected chi connectivity index (χ2v) is 6.66. The van der Waals surface area contributed by atoms with Gasteiger partial charge in [-0.3, -0.25) is 4.79 Å². The molecule has 7 heteroatoms. The van der Waals surface area contributed by atoms with Crippen LogP contribution in [-0.2, 0) is 4.74 Å². The van der Waals surface area contributed by atoms with Crippen LogP contribution in [0.4, 0.5) is 4.39 Å². The van der Waals surface area contributed by atoms with E-state index in [0.29, 0.717) is 18.7 Å². The van der Waals surface area contributed by atoms with Gasteiger partial charge in [-0.1, -0.05) is 12.1 Å². The first-order chi connectivity index (χ1) is 12.1. The van der Waals surface area contributed by atoms with Gasteiger partial charge < -0.3 is 20.4 Å². The van der Waals surface area contributed by atoms with Crippen molar-refractivity contribution in [3.05, 3.63) is 48.0 Å². The molecular weight excluding hydrogens is 357 g/mol. The second kappa shape index (κ2) is 9.16. The third kappa shape index (κ3) is 4.63. The Morgan fingerprint density at radius 1 is 1.23 bits per heavy atom. The number of halogens is 2. The molecule has 0 unspecified atom stereocenters. The van der Waals surface area contributed by atoms with Gasteiger partial charge in [0.1, 0.15) is 5.82 Å². The highest BCUT2D eigenvalue weighted by molar-refractivity contribution is 6.00. The van der Waals surface area contributed by atoms with Crippen LogP contribution in [0.3, 0.4) is 0 Å². The lowest BCUT2D eigenvalue weighted by Gasteiger charge is -2.37. The molecule has 0 saturated carbocycles. The number of rotatable bonds is 6. The second-order valence-electron chi connectivity index (χ2n) is 6.66. The molecule has 1 fully saturated rings. The number of nitrogens with one attached hydrogen (secondary N) is 3. The normalized spacial score (nSPS) is 15.9. The number of piperidine rings is 1. The lowest BCUT2D eigenvalue weighted by molar-refractivity contribution is 0.0512. The van der Waals surface area contributed by atoms with Crippen LogP contribution in [0, 0.1) is 11.2 Å². The summed E-state index contributed by atoms with van der Waals surface area (Å²) in [5.74, 6) is -0.424. The van der Waals surface area contributed by atoms with Gasteiger partial charge in [0, 0.05) is 37.0 Å². The summed E-state index contributed by atoms with van der Waals surface area (Å²) in [5.41, 5.74) is 2.11. The van der Waals surface area contributed by atoms with Crippen molar-refractivity contribution >= 4 is 18.3 Å². The summed E-state index contributed by atoms with van der Waals surface area (Å²) in [5, 5.41) is 6.41. The third-order valence-electron chi connectivity index (χ3n) is 4.88. The maximum absolute atomic E-state index is 13.1. The minimum absolute atomic E-state index is 0. The molecule has 1 amide bonds. The summed E-state index contributed by atoms with van der Waals surface area (Å²) in [6.07, 6.45) is 5.38. The first kappa shape index (κ1) is 20.4. The highest BCUT2D eigenvalue weighted by Gasteiger charge is 2.32. The van der Waals surface area contributed by atoms with Gasteiger partial charge in [-0.15, -0.1) is 12.4 Å². The van der Waals surface area contributed by atoms with Gasteiger partial charge >= 0.3 is 0 Å². The number of H-pyrrole nitrogens is 1. The van der Waals surface area contributed by atoms with E-state index < -0.39 is 0 Å². The van der Waals surface area contributed by atoms with E-state index in [1.54, 1.807) is 31.6 Å². The van der Waals surface area contributed by atoms with Crippen LogP contribution in [0.25, 0.3) is 11.1 Å². The fourth-order valence-electron chi connectivity index (χ4n) is 3.42. The molecule has 0 aliphatic carbocycles. The average molecular weight is 382 g/mol. The van der Waals surface area contributed by atoms with Crippen LogP contribution >= 0.6 is 12.4 Å². The van der Waals surface area contributed by atoms with E-state index >= 15 is 0 Å². The molecule has 3 rings (SSSR count). The number of ether oxygens (including phenoxy) is 1. The maximum atomic E-state index is 13.1. The van der Waals surface area contributed by atoms with Crippen molar-refractivity contribution in [2.24, 2.45) is 5.41 Å². The van der Waals surface area contributed by atoms with Crippen LogP contribution in [0.15, 0.2) is 36.7 Å². The first-order valence-electron chi connectivity index (χ1n) is 8.54. The molecule has 3 N–H and O–H groups in total. The molecule has 0 bridgehead atoms. The van der Waals surface area contributed by atoms with Crippen molar-refractivity contribution in [2.75, 3.05) is 33.4 Å². The monoisotopic (exact) mass is 381 g/mol. The average Bonchev–Trinajstić information content (AvgIpc) is 3.11. The molecule has 0 spiro atoms. The van der Waals surface area contributed by atoms with Crippen LogP contribution in [0.5, 0.6) is 0 Å². The number of amides is 1. The number of benzene rings is 1. The Bertz CT molecular complexity index is 706. The zero-order valence-corrected chi connectivity index (χ0v) is 15.6. The fourth-order valence-corrected chi connectivity index (χ4v) is 3.42. The van der Waals surface area contributed by atoms with E-state index in [-0.39, 0.29) is 29.5 Å². The van der Waals surface area contributed by atoms with E-state index in [0.717, 1.165) is 37.1 Å². The summed E-state index contributed by atoms with van der Waals surface area (Å²) in [6.45, 7) is 3.08. The minimum atomic E-state index is -0.294. The Hall–Kier alpha value is -1.89. The molecule has 1 aliphatic rings. The zero-order chi connectivity index (χ0) is 17.7. The molecule has 142 valence electrons. The number of carbonyl (C=O) groups is 1. The molecule has 0 radical (unpaired) electrons. The molecule has 2 aromatic rings. The van der Waals surface area contributed by atoms with Gasteiger partial charge in [-0.2, -0.15) is 0 Å². The van der Waals surface area contributed by atoms with Gasteiger partial charge in [0.05, 0.1) is 12.2 Å². The zero-order valence-electron chi connectivity index (χ0n) is 14.8. The van der Waals surface area contributed by atoms with Gasteiger partial charge in [0.15, 0.2) is 0 Å². The SMILES string of the molecule is COCC1(CNC(=O)c2c[nH]cc2-c2ccc(F)cc2)CCNCC1.Cl. The van der Waals surface area contributed by atoms with Crippen molar-refractivity contribution in [1.29, 1.82) is 0 Å². The molecule has 26 heavy (non-hydrogen) atoms. The van der Waals surface area contributed by atoms with Crippen molar-refractivity contribution < 1.29 is 13.9 Å². The summed E-state index contributed by atoms with van der Waals surface area (Å²) in [4.78, 5) is 15.7. The van der Waals surface area contributed by atoms with E-state index in [9.17, 15) is 9.18 Å². The summed E-state index contributed by atoms with van der Waals surface area (Å²) >= 11 is 0. The lowest BCUT2D eigenvalue weighted by atomic mass is 9.79. The van der Waals surface area contributed by atoms with Gasteiger partial charge in [-0.25, -0.2) is 4.39 Å². The maximum Gasteiger partial charge on any atom is 0.253 e. The van der Waals surface area contributed by atoms with Gasteiger partial charge in [-0.05, 0) is 43.6 Å². The number of aromatic amines is 1. The van der Waals surface area contributed by atoms with Crippen LogP contribution < -0.4 is 10.6 Å². The highest BCUT2D eigenvalue weighted by Crippen LogP contribution is 2.29. The summed E-state index contributed by atoms with van der Waals surface area (Å²) < 4.78 is 18.5. The largest absolute Gasteiger partial charge is 0.384 e. The Morgan fingerprint density at radius 2 is 1.92 bits per heavy atom. The Labute approximate surface area is 159 Å². The quantitative estimate of drug-likeness (QED) is 0.720. The van der Waals surface area contributed by atoms with Crippen molar-refractivity contribution in [1.82, 2.24) is 15.6 Å². The highest BCUT2D eigenvalue weighted by atomic mass is 35.5. The van der Waals surface area contributed by atoms with E-state index in [1.165, 1.54) is 12.1 Å².